The average Bonchev–Trinajstić information content (AvgIpc) is 3.89. The lowest BCUT2D eigenvalue weighted by atomic mass is 10.0. The maximum Gasteiger partial charge on any atom is 0.197 e. The van der Waals surface area contributed by atoms with Crippen molar-refractivity contribution >= 4 is 76.8 Å². The number of hydrogen-bond donors (Lipinski definition) is 0. The maximum absolute atomic E-state index is 8.03. The summed E-state index contributed by atoms with van der Waals surface area (Å²) in [6, 6.07) is 61.4. The minimum atomic E-state index is 0.559. The molecule has 0 saturated heterocycles. The van der Waals surface area contributed by atoms with E-state index in [0.29, 0.717) is 11.4 Å². The van der Waals surface area contributed by atoms with Gasteiger partial charge in [0.15, 0.2) is 11.4 Å². The van der Waals surface area contributed by atoms with E-state index in [-0.39, 0.29) is 0 Å². The fourth-order valence-corrected chi connectivity index (χ4v) is 8.78. The first-order valence-electron chi connectivity index (χ1n) is 18.3. The van der Waals surface area contributed by atoms with Gasteiger partial charge in [-0.3, -0.25) is 0 Å². The Bertz CT molecular complexity index is 3400. The Morgan fingerprint density at radius 1 is 0.345 bits per heavy atom. The van der Waals surface area contributed by atoms with Gasteiger partial charge in [0.05, 0.1) is 46.4 Å². The van der Waals surface area contributed by atoms with Crippen molar-refractivity contribution in [2.24, 2.45) is 0 Å². The van der Waals surface area contributed by atoms with Crippen molar-refractivity contribution in [2.75, 3.05) is 0 Å². The molecule has 0 unspecified atom stereocenters. The third-order valence-electron chi connectivity index (χ3n) is 11.0. The van der Waals surface area contributed by atoms with Gasteiger partial charge in [0.25, 0.3) is 0 Å². The summed E-state index contributed by atoms with van der Waals surface area (Å²) in [6.07, 6.45) is 0. The lowest BCUT2D eigenvalue weighted by Crippen LogP contribution is -1.97. The Hall–Kier alpha value is -7.86. The maximum atomic E-state index is 8.03. The molecule has 0 aliphatic rings. The SMILES string of the molecule is [C-]#[N+]c1cc(-c2ccc(-n3c4ccccc4c4c(-n5c6ccccc6c6ccccc65)cccc43)cc2)cc(-n2c3ccccc3c3c([N+]#[C-])cccc32)c1. The van der Waals surface area contributed by atoms with Gasteiger partial charge < -0.3 is 13.7 Å². The molecule has 0 radical (unpaired) electrons. The van der Waals surface area contributed by atoms with E-state index in [1.54, 1.807) is 0 Å². The van der Waals surface area contributed by atoms with E-state index in [1.807, 2.05) is 36.4 Å². The van der Waals surface area contributed by atoms with Crippen LogP contribution in [0.5, 0.6) is 0 Å². The summed E-state index contributed by atoms with van der Waals surface area (Å²) in [4.78, 5) is 7.75. The zero-order valence-electron chi connectivity index (χ0n) is 29.5. The highest BCUT2D eigenvalue weighted by atomic mass is 15.0. The Morgan fingerprint density at radius 2 is 0.855 bits per heavy atom. The van der Waals surface area contributed by atoms with Gasteiger partial charge in [0.1, 0.15) is 0 Å². The number of para-hydroxylation sites is 4. The summed E-state index contributed by atoms with van der Waals surface area (Å²) >= 11 is 0. The van der Waals surface area contributed by atoms with Crippen LogP contribution in [0.4, 0.5) is 11.4 Å². The molecular weight excluding hydrogens is 671 g/mol. The number of nitrogens with zero attached hydrogens (tertiary/aromatic N) is 5. The van der Waals surface area contributed by atoms with Crippen molar-refractivity contribution in [1.29, 1.82) is 0 Å². The van der Waals surface area contributed by atoms with Crippen LogP contribution in [-0.2, 0) is 0 Å². The molecule has 0 aliphatic carbocycles. The predicted octanol–water partition coefficient (Wildman–Crippen LogP) is 13.7. The average molecular weight is 700 g/mol. The molecule has 254 valence electrons. The van der Waals surface area contributed by atoms with Crippen LogP contribution in [0.2, 0.25) is 0 Å². The lowest BCUT2D eigenvalue weighted by Gasteiger charge is -2.13. The highest BCUT2D eigenvalue weighted by Gasteiger charge is 2.20. The van der Waals surface area contributed by atoms with Crippen LogP contribution in [-0.4, -0.2) is 13.7 Å². The molecule has 8 aromatic carbocycles. The topological polar surface area (TPSA) is 23.5 Å². The standard InChI is InChI=1S/C50H29N5/c1-51-34-29-33(30-36(31-34)54-44-20-9-5-15-39(44)49-41(52-2)17-11-22-46(49)54)32-25-27-35(28-26-32)53-45-21-10-6-16-40(45)50-47(53)23-12-24-48(50)55-42-18-7-3-13-37(42)38-14-4-8-19-43(38)55/h3-31H. The number of benzene rings is 8. The van der Waals surface area contributed by atoms with E-state index >= 15 is 0 Å². The Labute approximate surface area is 316 Å². The molecule has 11 rings (SSSR count). The highest BCUT2D eigenvalue weighted by molar-refractivity contribution is 6.17. The van der Waals surface area contributed by atoms with Gasteiger partial charge in [-0.2, -0.15) is 0 Å². The Balaban J connectivity index is 1.08. The van der Waals surface area contributed by atoms with Crippen LogP contribution in [0.15, 0.2) is 176 Å². The first kappa shape index (κ1) is 30.7. The van der Waals surface area contributed by atoms with E-state index in [0.717, 1.165) is 61.0 Å². The van der Waals surface area contributed by atoms with Gasteiger partial charge in [-0.1, -0.05) is 103 Å². The molecule has 0 atom stereocenters. The van der Waals surface area contributed by atoms with Gasteiger partial charge >= 0.3 is 0 Å². The minimum absolute atomic E-state index is 0.559. The van der Waals surface area contributed by atoms with Crippen LogP contribution < -0.4 is 0 Å². The monoisotopic (exact) mass is 699 g/mol. The molecular formula is C50H29N5. The number of rotatable bonds is 4. The van der Waals surface area contributed by atoms with Gasteiger partial charge in [-0.15, -0.1) is 0 Å². The molecule has 0 aliphatic heterocycles. The van der Waals surface area contributed by atoms with Crippen molar-refractivity contribution in [2.45, 2.75) is 0 Å². The quantitative estimate of drug-likeness (QED) is 0.163. The normalized spacial score (nSPS) is 11.6. The van der Waals surface area contributed by atoms with Gasteiger partial charge in [0.2, 0.25) is 0 Å². The summed E-state index contributed by atoms with van der Waals surface area (Å²) < 4.78 is 6.95. The van der Waals surface area contributed by atoms with E-state index in [2.05, 4.69) is 163 Å². The molecule has 5 heteroatoms. The highest BCUT2D eigenvalue weighted by Crippen LogP contribution is 2.42. The second kappa shape index (κ2) is 11.8. The first-order chi connectivity index (χ1) is 27.2. The zero-order chi connectivity index (χ0) is 36.6. The summed E-state index contributed by atoms with van der Waals surface area (Å²) in [5, 5.41) is 6.84. The molecule has 11 aromatic rings. The van der Waals surface area contributed by atoms with Crippen molar-refractivity contribution in [3.05, 3.63) is 199 Å². The third kappa shape index (κ3) is 4.45. The van der Waals surface area contributed by atoms with Crippen LogP contribution >= 0.6 is 0 Å². The second-order valence-electron chi connectivity index (χ2n) is 13.9. The van der Waals surface area contributed by atoms with E-state index < -0.39 is 0 Å². The van der Waals surface area contributed by atoms with Crippen molar-refractivity contribution < 1.29 is 0 Å². The van der Waals surface area contributed by atoms with E-state index in [4.69, 9.17) is 13.1 Å². The summed E-state index contributed by atoms with van der Waals surface area (Å²) in [5.74, 6) is 0. The van der Waals surface area contributed by atoms with Crippen molar-refractivity contribution in [1.82, 2.24) is 13.7 Å². The van der Waals surface area contributed by atoms with Crippen LogP contribution in [0, 0.1) is 13.1 Å². The summed E-state index contributed by atoms with van der Waals surface area (Å²) in [7, 11) is 0. The Morgan fingerprint density at radius 3 is 1.47 bits per heavy atom. The van der Waals surface area contributed by atoms with E-state index in [1.165, 1.54) is 32.6 Å². The summed E-state index contributed by atoms with van der Waals surface area (Å²) in [5.41, 5.74) is 12.9. The largest absolute Gasteiger partial charge is 0.312 e. The molecule has 0 spiro atoms. The van der Waals surface area contributed by atoms with Crippen LogP contribution in [0.3, 0.4) is 0 Å². The smallest absolute Gasteiger partial charge is 0.197 e. The number of aromatic nitrogens is 3. The first-order valence-corrected chi connectivity index (χ1v) is 18.3. The van der Waals surface area contributed by atoms with Gasteiger partial charge in [-0.05, 0) is 89.3 Å². The molecule has 55 heavy (non-hydrogen) atoms. The predicted molar refractivity (Wildman–Crippen MR) is 227 cm³/mol. The number of fused-ring (bicyclic) bond motifs is 9. The fraction of sp³-hybridized carbons (Fsp3) is 0. The van der Waals surface area contributed by atoms with Crippen LogP contribution in [0.1, 0.15) is 0 Å². The fourth-order valence-electron chi connectivity index (χ4n) is 8.78. The third-order valence-corrected chi connectivity index (χ3v) is 11.0. The molecule has 0 N–H and O–H groups in total. The van der Waals surface area contributed by atoms with Gasteiger partial charge in [-0.25, -0.2) is 9.69 Å². The molecule has 0 saturated carbocycles. The van der Waals surface area contributed by atoms with Crippen molar-refractivity contribution in [3.63, 3.8) is 0 Å². The van der Waals surface area contributed by atoms with Gasteiger partial charge in [0, 0.05) is 43.8 Å². The molecule has 3 heterocycles. The van der Waals surface area contributed by atoms with Crippen molar-refractivity contribution in [3.8, 4) is 28.2 Å². The summed E-state index contributed by atoms with van der Waals surface area (Å²) in [6.45, 7) is 15.9. The number of hydrogen-bond acceptors (Lipinski definition) is 0. The lowest BCUT2D eigenvalue weighted by molar-refractivity contribution is 1.17. The van der Waals surface area contributed by atoms with Crippen LogP contribution in [0.25, 0.3) is 103 Å². The Kier molecular flexibility index (Phi) is 6.61. The molecule has 0 fully saturated rings. The second-order valence-corrected chi connectivity index (χ2v) is 13.9. The molecule has 0 amide bonds. The molecule has 5 nitrogen and oxygen atoms in total. The molecule has 3 aromatic heterocycles. The molecule has 0 bridgehead atoms. The minimum Gasteiger partial charge on any atom is -0.312 e. The van der Waals surface area contributed by atoms with E-state index in [9.17, 15) is 0 Å². The zero-order valence-corrected chi connectivity index (χ0v) is 29.5.